The number of halogens is 2. The van der Waals surface area contributed by atoms with Gasteiger partial charge >= 0.3 is 6.61 Å². The maximum Gasteiger partial charge on any atom is 0.387 e. The van der Waals surface area contributed by atoms with Crippen LogP contribution in [0, 0.1) is 0 Å². The summed E-state index contributed by atoms with van der Waals surface area (Å²) in [4.78, 5) is 25.5. The Kier molecular flexibility index (Phi) is 6.22. The highest BCUT2D eigenvalue weighted by molar-refractivity contribution is 6.02. The van der Waals surface area contributed by atoms with Gasteiger partial charge in [0.05, 0.1) is 19.0 Å². The summed E-state index contributed by atoms with van der Waals surface area (Å²) in [5.74, 6) is -0.409. The first-order valence-corrected chi connectivity index (χ1v) is 8.45. The summed E-state index contributed by atoms with van der Waals surface area (Å²) in [7, 11) is 1.33. The molecular formula is C19H17F2N3O5. The minimum Gasteiger partial charge on any atom is -0.493 e. The number of anilines is 1. The number of rotatable bonds is 7. The summed E-state index contributed by atoms with van der Waals surface area (Å²) in [6, 6.07) is 11.1. The van der Waals surface area contributed by atoms with Crippen LogP contribution in [-0.4, -0.2) is 44.9 Å². The molecule has 2 amide bonds. The Hall–Kier alpha value is -3.69. The molecule has 3 rings (SSSR count). The van der Waals surface area contributed by atoms with Crippen molar-refractivity contribution in [3.05, 3.63) is 48.0 Å². The Bertz CT molecular complexity index is 936. The lowest BCUT2D eigenvalue weighted by atomic mass is 10.2. The number of amides is 2. The number of para-hydroxylation sites is 2. The van der Waals surface area contributed by atoms with E-state index in [2.05, 4.69) is 15.3 Å². The second-order valence-corrected chi connectivity index (χ2v) is 5.82. The number of benzene rings is 2. The third-order valence-corrected chi connectivity index (χ3v) is 3.92. The molecule has 0 radical (unpaired) electrons. The van der Waals surface area contributed by atoms with Gasteiger partial charge in [-0.25, -0.2) is 5.43 Å². The third kappa shape index (κ3) is 4.98. The normalized spacial score (nSPS) is 13.2. The zero-order valence-electron chi connectivity index (χ0n) is 15.3. The van der Waals surface area contributed by atoms with Gasteiger partial charge in [0.2, 0.25) is 0 Å². The molecule has 1 aliphatic rings. The molecule has 0 fully saturated rings. The number of methoxy groups -OCH3 is 1. The van der Waals surface area contributed by atoms with Crippen LogP contribution in [0.2, 0.25) is 0 Å². The van der Waals surface area contributed by atoms with Crippen molar-refractivity contribution in [3.8, 4) is 17.2 Å². The highest BCUT2D eigenvalue weighted by Gasteiger charge is 2.26. The van der Waals surface area contributed by atoms with Crippen LogP contribution < -0.4 is 24.5 Å². The monoisotopic (exact) mass is 405 g/mol. The number of carbonyl (C=O) groups excluding carboxylic acids is 2. The molecule has 8 nitrogen and oxygen atoms in total. The van der Waals surface area contributed by atoms with Gasteiger partial charge in [0.15, 0.2) is 18.1 Å². The van der Waals surface area contributed by atoms with Crippen molar-refractivity contribution in [2.45, 2.75) is 6.61 Å². The molecule has 0 bridgehead atoms. The standard InChI is InChI=1S/C19H17F2N3O5/c1-27-15-7-6-12(8-16(15)29-19(20)21)9-22-23-17(25)10-24-13-4-2-3-5-14(13)28-11-18(24)26/h2-9,19H,10-11H2,1H3,(H,23,25)/b22-9-. The zero-order valence-corrected chi connectivity index (χ0v) is 15.3. The van der Waals surface area contributed by atoms with E-state index in [0.717, 1.165) is 0 Å². The summed E-state index contributed by atoms with van der Waals surface area (Å²) in [5.41, 5.74) is 3.18. The largest absolute Gasteiger partial charge is 0.493 e. The minimum atomic E-state index is -3.01. The summed E-state index contributed by atoms with van der Waals surface area (Å²) in [5, 5.41) is 3.79. The summed E-state index contributed by atoms with van der Waals surface area (Å²) in [6.45, 7) is -3.42. The van der Waals surface area contributed by atoms with Crippen LogP contribution in [0.1, 0.15) is 5.56 Å². The lowest BCUT2D eigenvalue weighted by molar-refractivity contribution is -0.125. The molecule has 0 unspecified atom stereocenters. The SMILES string of the molecule is COc1ccc(/C=N\NC(=O)CN2C(=O)COc3ccccc32)cc1OC(F)F. The maximum atomic E-state index is 12.5. The van der Waals surface area contributed by atoms with Crippen LogP contribution in [0.3, 0.4) is 0 Å². The molecule has 0 aromatic heterocycles. The van der Waals surface area contributed by atoms with Crippen molar-refractivity contribution in [3.63, 3.8) is 0 Å². The van der Waals surface area contributed by atoms with Crippen LogP contribution in [-0.2, 0) is 9.59 Å². The van der Waals surface area contributed by atoms with Gasteiger partial charge in [-0.05, 0) is 35.9 Å². The van der Waals surface area contributed by atoms with Gasteiger partial charge in [-0.2, -0.15) is 13.9 Å². The number of carbonyl (C=O) groups is 2. The molecule has 0 saturated carbocycles. The molecule has 0 spiro atoms. The van der Waals surface area contributed by atoms with E-state index in [1.54, 1.807) is 30.3 Å². The van der Waals surface area contributed by atoms with E-state index >= 15 is 0 Å². The topological polar surface area (TPSA) is 89.5 Å². The Labute approximate surface area is 164 Å². The van der Waals surface area contributed by atoms with Crippen molar-refractivity contribution in [1.82, 2.24) is 5.43 Å². The molecule has 29 heavy (non-hydrogen) atoms. The van der Waals surface area contributed by atoms with E-state index in [-0.39, 0.29) is 30.6 Å². The maximum absolute atomic E-state index is 12.5. The average Bonchev–Trinajstić information content (AvgIpc) is 2.70. The molecule has 1 N–H and O–H groups in total. The van der Waals surface area contributed by atoms with Crippen LogP contribution in [0.15, 0.2) is 47.6 Å². The number of alkyl halides is 2. The number of hydrazone groups is 1. The quantitative estimate of drug-likeness (QED) is 0.563. The third-order valence-electron chi connectivity index (χ3n) is 3.92. The van der Waals surface area contributed by atoms with Crippen LogP contribution in [0.25, 0.3) is 0 Å². The van der Waals surface area contributed by atoms with Crippen LogP contribution in [0.4, 0.5) is 14.5 Å². The summed E-state index contributed by atoms with van der Waals surface area (Å²) in [6.07, 6.45) is 1.25. The summed E-state index contributed by atoms with van der Waals surface area (Å²) < 4.78 is 39.6. The Morgan fingerprint density at radius 1 is 1.31 bits per heavy atom. The molecule has 0 saturated heterocycles. The van der Waals surface area contributed by atoms with Gasteiger partial charge in [0.1, 0.15) is 12.3 Å². The molecular weight excluding hydrogens is 388 g/mol. The zero-order chi connectivity index (χ0) is 20.8. The first-order chi connectivity index (χ1) is 14.0. The highest BCUT2D eigenvalue weighted by atomic mass is 19.3. The van der Waals surface area contributed by atoms with E-state index in [4.69, 9.17) is 9.47 Å². The Balaban J connectivity index is 1.64. The molecule has 0 atom stereocenters. The molecule has 10 heteroatoms. The number of hydrogen-bond donors (Lipinski definition) is 1. The van der Waals surface area contributed by atoms with Gasteiger partial charge in [-0.3, -0.25) is 14.5 Å². The van der Waals surface area contributed by atoms with E-state index < -0.39 is 12.5 Å². The number of fused-ring (bicyclic) bond motifs is 1. The van der Waals surface area contributed by atoms with E-state index in [1.807, 2.05) is 0 Å². The first kappa shape index (κ1) is 20.1. The molecule has 152 valence electrons. The number of nitrogens with one attached hydrogen (secondary N) is 1. The summed E-state index contributed by atoms with van der Waals surface area (Å²) >= 11 is 0. The van der Waals surface area contributed by atoms with Crippen molar-refractivity contribution in [2.24, 2.45) is 5.10 Å². The average molecular weight is 405 g/mol. The lowest BCUT2D eigenvalue weighted by Crippen LogP contribution is -2.44. The van der Waals surface area contributed by atoms with Gasteiger partial charge < -0.3 is 14.2 Å². The van der Waals surface area contributed by atoms with E-state index in [9.17, 15) is 18.4 Å². The van der Waals surface area contributed by atoms with E-state index in [1.165, 1.54) is 30.4 Å². The number of hydrogen-bond acceptors (Lipinski definition) is 6. The highest BCUT2D eigenvalue weighted by Crippen LogP contribution is 2.31. The minimum absolute atomic E-state index is 0.135. The predicted molar refractivity (Wildman–Crippen MR) is 99.7 cm³/mol. The second kappa shape index (κ2) is 9.00. The van der Waals surface area contributed by atoms with Crippen molar-refractivity contribution in [2.75, 3.05) is 25.2 Å². The molecule has 1 heterocycles. The molecule has 2 aromatic rings. The smallest absolute Gasteiger partial charge is 0.387 e. The van der Waals surface area contributed by atoms with Crippen molar-refractivity contribution in [1.29, 1.82) is 0 Å². The van der Waals surface area contributed by atoms with Gasteiger partial charge in [-0.15, -0.1) is 0 Å². The fourth-order valence-corrected chi connectivity index (χ4v) is 2.65. The first-order valence-electron chi connectivity index (χ1n) is 8.45. The number of nitrogens with zero attached hydrogens (tertiary/aromatic N) is 2. The molecule has 1 aliphatic heterocycles. The Morgan fingerprint density at radius 3 is 2.86 bits per heavy atom. The van der Waals surface area contributed by atoms with Gasteiger partial charge in [-0.1, -0.05) is 12.1 Å². The van der Waals surface area contributed by atoms with Crippen molar-refractivity contribution >= 4 is 23.7 Å². The van der Waals surface area contributed by atoms with Crippen molar-refractivity contribution < 1.29 is 32.6 Å². The predicted octanol–water partition coefficient (Wildman–Crippen LogP) is 2.17. The van der Waals surface area contributed by atoms with Gasteiger partial charge in [0, 0.05) is 0 Å². The fourth-order valence-electron chi connectivity index (χ4n) is 2.65. The molecule has 2 aromatic carbocycles. The van der Waals surface area contributed by atoms with Crippen LogP contribution >= 0.6 is 0 Å². The molecule has 0 aliphatic carbocycles. The fraction of sp³-hybridized carbons (Fsp3) is 0.211. The van der Waals surface area contributed by atoms with E-state index in [0.29, 0.717) is 17.0 Å². The second-order valence-electron chi connectivity index (χ2n) is 5.82. The lowest BCUT2D eigenvalue weighted by Gasteiger charge is -2.28. The van der Waals surface area contributed by atoms with Gasteiger partial charge in [0.25, 0.3) is 11.8 Å². The number of ether oxygens (including phenoxy) is 3. The van der Waals surface area contributed by atoms with Crippen LogP contribution in [0.5, 0.6) is 17.2 Å². The Morgan fingerprint density at radius 2 is 2.10 bits per heavy atom.